The van der Waals surface area contributed by atoms with Crippen molar-refractivity contribution in [3.8, 4) is 16.9 Å². The van der Waals surface area contributed by atoms with Crippen LogP contribution in [-0.2, 0) is 6.54 Å². The van der Waals surface area contributed by atoms with Gasteiger partial charge in [0, 0.05) is 18.2 Å². The maximum atomic E-state index is 14.3. The summed E-state index contributed by atoms with van der Waals surface area (Å²) in [6.45, 7) is 4.77. The number of hydrogen-bond acceptors (Lipinski definition) is 2. The Kier molecular flexibility index (Phi) is 5.21. The van der Waals surface area contributed by atoms with E-state index in [1.54, 1.807) is 37.4 Å². The predicted octanol–water partition coefficient (Wildman–Crippen LogP) is 4.65. The highest BCUT2D eigenvalue weighted by atomic mass is 35.5. The van der Waals surface area contributed by atoms with Crippen molar-refractivity contribution in [1.82, 2.24) is 5.32 Å². The Bertz CT molecular complexity index is 628. The first kappa shape index (κ1) is 15.8. The molecule has 0 spiro atoms. The molecule has 112 valence electrons. The molecule has 0 saturated heterocycles. The molecule has 0 radical (unpaired) electrons. The molecule has 2 aromatic rings. The van der Waals surface area contributed by atoms with Gasteiger partial charge in [0.25, 0.3) is 0 Å². The average Bonchev–Trinajstić information content (AvgIpc) is 2.46. The Balaban J connectivity index is 2.28. The summed E-state index contributed by atoms with van der Waals surface area (Å²) >= 11 is 5.99. The molecular formula is C17H19ClFNO. The summed E-state index contributed by atoms with van der Waals surface area (Å²) in [5.74, 6) is 0.293. The first-order chi connectivity index (χ1) is 10.0. The van der Waals surface area contributed by atoms with Crippen molar-refractivity contribution in [3.63, 3.8) is 0 Å². The Morgan fingerprint density at radius 1 is 1.19 bits per heavy atom. The third-order valence-electron chi connectivity index (χ3n) is 3.21. The van der Waals surface area contributed by atoms with Gasteiger partial charge in [-0.15, -0.1) is 0 Å². The molecule has 21 heavy (non-hydrogen) atoms. The van der Waals surface area contributed by atoms with Crippen LogP contribution in [0, 0.1) is 5.82 Å². The van der Waals surface area contributed by atoms with E-state index < -0.39 is 0 Å². The summed E-state index contributed by atoms with van der Waals surface area (Å²) in [7, 11) is 1.54. The molecular weight excluding hydrogens is 289 g/mol. The first-order valence-corrected chi connectivity index (χ1v) is 7.24. The van der Waals surface area contributed by atoms with E-state index in [0.717, 1.165) is 11.1 Å². The fraction of sp³-hybridized carbons (Fsp3) is 0.294. The van der Waals surface area contributed by atoms with Crippen LogP contribution in [0.3, 0.4) is 0 Å². The summed E-state index contributed by atoms with van der Waals surface area (Å²) in [6, 6.07) is 10.9. The Labute approximate surface area is 129 Å². The highest BCUT2D eigenvalue weighted by molar-refractivity contribution is 6.32. The van der Waals surface area contributed by atoms with Crippen LogP contribution in [0.25, 0.3) is 11.1 Å². The van der Waals surface area contributed by atoms with E-state index in [1.807, 2.05) is 6.07 Å². The van der Waals surface area contributed by atoms with Crippen molar-refractivity contribution in [2.24, 2.45) is 0 Å². The van der Waals surface area contributed by atoms with Gasteiger partial charge >= 0.3 is 0 Å². The fourth-order valence-corrected chi connectivity index (χ4v) is 2.25. The van der Waals surface area contributed by atoms with E-state index in [2.05, 4.69) is 19.2 Å². The summed E-state index contributed by atoms with van der Waals surface area (Å²) < 4.78 is 19.5. The van der Waals surface area contributed by atoms with Crippen molar-refractivity contribution in [2.75, 3.05) is 7.11 Å². The summed E-state index contributed by atoms with van der Waals surface area (Å²) in [5.41, 5.74) is 2.21. The molecule has 0 fully saturated rings. The van der Waals surface area contributed by atoms with Crippen LogP contribution >= 0.6 is 11.6 Å². The summed E-state index contributed by atoms with van der Waals surface area (Å²) in [5, 5.41) is 3.78. The quantitative estimate of drug-likeness (QED) is 0.868. The van der Waals surface area contributed by atoms with Gasteiger partial charge in [0.15, 0.2) is 0 Å². The Morgan fingerprint density at radius 2 is 1.95 bits per heavy atom. The van der Waals surface area contributed by atoms with E-state index in [0.29, 0.717) is 28.9 Å². The largest absolute Gasteiger partial charge is 0.495 e. The van der Waals surface area contributed by atoms with Crippen molar-refractivity contribution in [2.45, 2.75) is 26.4 Å². The smallest absolute Gasteiger partial charge is 0.138 e. The number of hydrogen-bond donors (Lipinski definition) is 1. The van der Waals surface area contributed by atoms with Gasteiger partial charge in [0.2, 0.25) is 0 Å². The molecule has 0 saturated carbocycles. The molecule has 2 nitrogen and oxygen atoms in total. The summed E-state index contributed by atoms with van der Waals surface area (Å²) in [4.78, 5) is 0. The minimum absolute atomic E-state index is 0.248. The number of benzene rings is 2. The van der Waals surface area contributed by atoms with Gasteiger partial charge in [-0.1, -0.05) is 43.6 Å². The second-order valence-corrected chi connectivity index (χ2v) is 5.61. The molecule has 0 atom stereocenters. The normalized spacial score (nSPS) is 11.0. The molecule has 0 amide bonds. The van der Waals surface area contributed by atoms with Gasteiger partial charge < -0.3 is 10.1 Å². The molecule has 4 heteroatoms. The molecule has 2 aromatic carbocycles. The molecule has 0 aliphatic rings. The highest BCUT2D eigenvalue weighted by Gasteiger charge is 2.09. The van der Waals surface area contributed by atoms with Gasteiger partial charge in [-0.05, 0) is 29.3 Å². The maximum absolute atomic E-state index is 14.3. The van der Waals surface area contributed by atoms with Crippen LogP contribution in [0.4, 0.5) is 4.39 Å². The van der Waals surface area contributed by atoms with Crippen LogP contribution in [0.15, 0.2) is 36.4 Å². The van der Waals surface area contributed by atoms with Crippen molar-refractivity contribution >= 4 is 11.6 Å². The summed E-state index contributed by atoms with van der Waals surface area (Å²) in [6.07, 6.45) is 0. The van der Waals surface area contributed by atoms with Gasteiger partial charge in [-0.2, -0.15) is 0 Å². The van der Waals surface area contributed by atoms with Crippen molar-refractivity contribution in [3.05, 3.63) is 52.8 Å². The number of nitrogens with one attached hydrogen (secondary N) is 1. The number of halogens is 2. The zero-order valence-corrected chi connectivity index (χ0v) is 13.2. The van der Waals surface area contributed by atoms with Crippen molar-refractivity contribution < 1.29 is 9.13 Å². The van der Waals surface area contributed by atoms with Crippen LogP contribution < -0.4 is 10.1 Å². The number of rotatable bonds is 5. The molecule has 0 unspecified atom stereocenters. The fourth-order valence-electron chi connectivity index (χ4n) is 2.05. The standard InChI is InChI=1S/C17H19ClFNO/c1-11(2)20-10-12-4-6-14(16(19)8-12)13-5-7-15(18)17(9-13)21-3/h4-9,11,20H,10H2,1-3H3. The lowest BCUT2D eigenvalue weighted by atomic mass is 10.0. The van der Waals surface area contributed by atoms with Gasteiger partial charge in [0.1, 0.15) is 11.6 Å². The molecule has 0 bridgehead atoms. The van der Waals surface area contributed by atoms with Crippen LogP contribution in [0.5, 0.6) is 5.75 Å². The van der Waals surface area contributed by atoms with Crippen LogP contribution in [0.1, 0.15) is 19.4 Å². The third kappa shape index (κ3) is 3.96. The van der Waals surface area contributed by atoms with E-state index >= 15 is 0 Å². The maximum Gasteiger partial charge on any atom is 0.138 e. The van der Waals surface area contributed by atoms with E-state index in [1.165, 1.54) is 0 Å². The van der Waals surface area contributed by atoms with E-state index in [-0.39, 0.29) is 5.82 Å². The van der Waals surface area contributed by atoms with Gasteiger partial charge in [-0.3, -0.25) is 0 Å². The molecule has 1 N–H and O–H groups in total. The van der Waals surface area contributed by atoms with Gasteiger partial charge in [0.05, 0.1) is 12.1 Å². The second kappa shape index (κ2) is 6.92. The molecule has 0 aromatic heterocycles. The number of ether oxygens (including phenoxy) is 1. The zero-order valence-electron chi connectivity index (χ0n) is 12.4. The lowest BCUT2D eigenvalue weighted by Gasteiger charge is -2.11. The van der Waals surface area contributed by atoms with Crippen LogP contribution in [-0.4, -0.2) is 13.2 Å². The lowest BCUT2D eigenvalue weighted by Crippen LogP contribution is -2.21. The molecule has 2 rings (SSSR count). The Morgan fingerprint density at radius 3 is 2.57 bits per heavy atom. The minimum Gasteiger partial charge on any atom is -0.495 e. The van der Waals surface area contributed by atoms with Gasteiger partial charge in [-0.25, -0.2) is 4.39 Å². The average molecular weight is 308 g/mol. The molecule has 0 heterocycles. The second-order valence-electron chi connectivity index (χ2n) is 5.20. The minimum atomic E-state index is -0.248. The monoisotopic (exact) mass is 307 g/mol. The number of methoxy groups -OCH3 is 1. The molecule has 0 aliphatic heterocycles. The molecule has 0 aliphatic carbocycles. The van der Waals surface area contributed by atoms with E-state index in [4.69, 9.17) is 16.3 Å². The predicted molar refractivity (Wildman–Crippen MR) is 85.4 cm³/mol. The lowest BCUT2D eigenvalue weighted by molar-refractivity contribution is 0.415. The topological polar surface area (TPSA) is 21.3 Å². The van der Waals surface area contributed by atoms with E-state index in [9.17, 15) is 4.39 Å². The third-order valence-corrected chi connectivity index (χ3v) is 3.52. The SMILES string of the molecule is COc1cc(-c2ccc(CNC(C)C)cc2F)ccc1Cl. The Hall–Kier alpha value is -1.58. The highest BCUT2D eigenvalue weighted by Crippen LogP contribution is 2.31. The van der Waals surface area contributed by atoms with Crippen LogP contribution in [0.2, 0.25) is 5.02 Å². The van der Waals surface area contributed by atoms with Crippen molar-refractivity contribution in [1.29, 1.82) is 0 Å². The first-order valence-electron chi connectivity index (χ1n) is 6.87. The zero-order chi connectivity index (χ0) is 15.4.